The van der Waals surface area contributed by atoms with Crippen molar-refractivity contribution < 1.29 is 14.5 Å². The highest BCUT2D eigenvalue weighted by Crippen LogP contribution is 2.24. The van der Waals surface area contributed by atoms with E-state index in [0.717, 1.165) is 5.56 Å². The van der Waals surface area contributed by atoms with Crippen LogP contribution in [-0.4, -0.2) is 18.0 Å². The number of rotatable bonds is 2. The number of anilines is 1. The maximum Gasteiger partial charge on any atom is 0.492 e. The van der Waals surface area contributed by atoms with Crippen LogP contribution in [0, 0.1) is 0 Å². The summed E-state index contributed by atoms with van der Waals surface area (Å²) in [7, 11) is -0.942. The molecule has 1 heterocycles. The highest BCUT2D eigenvalue weighted by Gasteiger charge is 2.32. The largest absolute Gasteiger partial charge is 0.492 e. The van der Waals surface area contributed by atoms with E-state index in [0.29, 0.717) is 21.7 Å². The van der Waals surface area contributed by atoms with E-state index in [1.807, 2.05) is 13.0 Å². The lowest BCUT2D eigenvalue weighted by atomic mass is 9.79. The number of halogens is 1. The first-order valence-electron chi connectivity index (χ1n) is 6.59. The van der Waals surface area contributed by atoms with E-state index in [4.69, 9.17) is 16.3 Å². The molecule has 1 unspecified atom stereocenters. The quantitative estimate of drug-likeness (QED) is 0.837. The van der Waals surface area contributed by atoms with E-state index < -0.39 is 7.12 Å². The molecule has 21 heavy (non-hydrogen) atoms. The topological polar surface area (TPSA) is 58.6 Å². The van der Waals surface area contributed by atoms with E-state index in [1.54, 1.807) is 36.4 Å². The van der Waals surface area contributed by atoms with Crippen molar-refractivity contribution >= 4 is 35.8 Å². The van der Waals surface area contributed by atoms with E-state index in [9.17, 15) is 9.82 Å². The number of fused-ring (bicyclic) bond motifs is 1. The van der Waals surface area contributed by atoms with Crippen molar-refractivity contribution in [3.8, 4) is 0 Å². The first-order valence-corrected chi connectivity index (χ1v) is 6.96. The molecule has 0 aromatic heterocycles. The monoisotopic (exact) mass is 301 g/mol. The summed E-state index contributed by atoms with van der Waals surface area (Å²) in [6.45, 7) is 1.88. The van der Waals surface area contributed by atoms with Gasteiger partial charge in [0.05, 0.1) is 6.10 Å². The zero-order valence-electron chi connectivity index (χ0n) is 11.3. The molecule has 1 aliphatic rings. The van der Waals surface area contributed by atoms with Gasteiger partial charge in [0.25, 0.3) is 5.91 Å². The third-order valence-electron chi connectivity index (χ3n) is 3.49. The van der Waals surface area contributed by atoms with Crippen LogP contribution in [0.1, 0.15) is 28.9 Å². The van der Waals surface area contributed by atoms with Crippen LogP contribution in [0.5, 0.6) is 0 Å². The third-order valence-corrected chi connectivity index (χ3v) is 3.74. The maximum atomic E-state index is 12.1. The summed E-state index contributed by atoms with van der Waals surface area (Å²) in [5.41, 5.74) is 2.76. The smallest absolute Gasteiger partial charge is 0.423 e. The normalized spacial score (nSPS) is 16.7. The molecule has 2 aromatic rings. The molecule has 6 heteroatoms. The van der Waals surface area contributed by atoms with Crippen molar-refractivity contribution in [2.75, 3.05) is 5.32 Å². The Morgan fingerprint density at radius 2 is 2.00 bits per heavy atom. The summed E-state index contributed by atoms with van der Waals surface area (Å²) in [4.78, 5) is 12.1. The highest BCUT2D eigenvalue weighted by molar-refractivity contribution is 6.61. The Morgan fingerprint density at radius 3 is 2.71 bits per heavy atom. The predicted molar refractivity (Wildman–Crippen MR) is 83.0 cm³/mol. The number of hydrogen-bond acceptors (Lipinski definition) is 3. The van der Waals surface area contributed by atoms with Gasteiger partial charge in [-0.05, 0) is 54.3 Å². The standard InChI is InChI=1S/C15H13BClNO3/c1-9-13-7-6-12(8-14(13)16(20)21-9)18-15(19)10-2-4-11(17)5-3-10/h2-9,20H,1H3,(H,18,19). The molecule has 0 aliphatic carbocycles. The Bertz CT molecular complexity index is 690. The van der Waals surface area contributed by atoms with Crippen LogP contribution in [0.25, 0.3) is 0 Å². The average Bonchev–Trinajstić information content (AvgIpc) is 2.74. The number of benzene rings is 2. The van der Waals surface area contributed by atoms with Gasteiger partial charge in [-0.2, -0.15) is 0 Å². The molecule has 2 aromatic carbocycles. The molecule has 0 fully saturated rings. The van der Waals surface area contributed by atoms with Gasteiger partial charge in [-0.1, -0.05) is 17.7 Å². The first-order chi connectivity index (χ1) is 10.0. The van der Waals surface area contributed by atoms with Crippen molar-refractivity contribution in [3.63, 3.8) is 0 Å². The van der Waals surface area contributed by atoms with Crippen molar-refractivity contribution in [1.82, 2.24) is 0 Å². The predicted octanol–water partition coefficient (Wildman–Crippen LogP) is 2.37. The minimum absolute atomic E-state index is 0.143. The van der Waals surface area contributed by atoms with Crippen molar-refractivity contribution in [3.05, 3.63) is 58.6 Å². The summed E-state index contributed by atoms with van der Waals surface area (Å²) < 4.78 is 5.32. The molecular weight excluding hydrogens is 288 g/mol. The summed E-state index contributed by atoms with van der Waals surface area (Å²) in [5, 5.41) is 13.2. The van der Waals surface area contributed by atoms with Gasteiger partial charge in [-0.15, -0.1) is 0 Å². The minimum atomic E-state index is -0.942. The van der Waals surface area contributed by atoms with E-state index in [1.165, 1.54) is 0 Å². The minimum Gasteiger partial charge on any atom is -0.423 e. The molecule has 0 bridgehead atoms. The summed E-state index contributed by atoms with van der Waals surface area (Å²) >= 11 is 5.80. The second-order valence-electron chi connectivity index (χ2n) is 4.94. The lowest BCUT2D eigenvalue weighted by Crippen LogP contribution is -2.28. The van der Waals surface area contributed by atoms with E-state index >= 15 is 0 Å². The fraction of sp³-hybridized carbons (Fsp3) is 0.133. The molecule has 1 aliphatic heterocycles. The molecule has 0 radical (unpaired) electrons. The van der Waals surface area contributed by atoms with E-state index in [-0.39, 0.29) is 12.0 Å². The third kappa shape index (κ3) is 2.81. The number of carbonyl (C=O) groups is 1. The lowest BCUT2D eigenvalue weighted by Gasteiger charge is -2.08. The lowest BCUT2D eigenvalue weighted by molar-refractivity contribution is 0.102. The zero-order valence-corrected chi connectivity index (χ0v) is 12.1. The number of carbonyl (C=O) groups excluding carboxylic acids is 1. The van der Waals surface area contributed by atoms with Gasteiger partial charge in [-0.3, -0.25) is 4.79 Å². The molecular formula is C15H13BClNO3. The summed E-state index contributed by atoms with van der Waals surface area (Å²) in [5.74, 6) is -0.229. The van der Waals surface area contributed by atoms with Crippen LogP contribution < -0.4 is 10.8 Å². The Hall–Kier alpha value is -1.82. The molecule has 1 atom stereocenters. The van der Waals surface area contributed by atoms with E-state index in [2.05, 4.69) is 5.32 Å². The Balaban J connectivity index is 1.81. The maximum absolute atomic E-state index is 12.1. The van der Waals surface area contributed by atoms with Gasteiger partial charge in [-0.25, -0.2) is 0 Å². The van der Waals surface area contributed by atoms with Gasteiger partial charge in [0.15, 0.2) is 0 Å². The first kappa shape index (κ1) is 14.1. The van der Waals surface area contributed by atoms with Crippen LogP contribution in [0.15, 0.2) is 42.5 Å². The van der Waals surface area contributed by atoms with Crippen LogP contribution in [-0.2, 0) is 4.65 Å². The number of hydrogen-bond donors (Lipinski definition) is 2. The van der Waals surface area contributed by atoms with Crippen molar-refractivity contribution in [2.24, 2.45) is 0 Å². The van der Waals surface area contributed by atoms with Crippen LogP contribution >= 0.6 is 11.6 Å². The van der Waals surface area contributed by atoms with Crippen LogP contribution in [0.4, 0.5) is 5.69 Å². The average molecular weight is 302 g/mol. The molecule has 0 saturated carbocycles. The van der Waals surface area contributed by atoms with Crippen LogP contribution in [0.2, 0.25) is 5.02 Å². The fourth-order valence-electron chi connectivity index (χ4n) is 2.38. The van der Waals surface area contributed by atoms with Gasteiger partial charge < -0.3 is 15.0 Å². The zero-order chi connectivity index (χ0) is 15.0. The summed E-state index contributed by atoms with van der Waals surface area (Å²) in [6.07, 6.45) is -0.143. The molecule has 1 amide bonds. The number of nitrogens with one attached hydrogen (secondary N) is 1. The second-order valence-corrected chi connectivity index (χ2v) is 5.37. The Kier molecular flexibility index (Phi) is 3.72. The van der Waals surface area contributed by atoms with Gasteiger partial charge >= 0.3 is 7.12 Å². The second kappa shape index (κ2) is 5.52. The molecule has 0 spiro atoms. The highest BCUT2D eigenvalue weighted by atomic mass is 35.5. The fourth-order valence-corrected chi connectivity index (χ4v) is 2.51. The Morgan fingerprint density at radius 1 is 1.29 bits per heavy atom. The van der Waals surface area contributed by atoms with Crippen molar-refractivity contribution in [1.29, 1.82) is 0 Å². The van der Waals surface area contributed by atoms with Crippen LogP contribution in [0.3, 0.4) is 0 Å². The Labute approximate surface area is 127 Å². The molecule has 4 nitrogen and oxygen atoms in total. The number of amides is 1. The molecule has 2 N–H and O–H groups in total. The summed E-state index contributed by atoms with van der Waals surface area (Å²) in [6, 6.07) is 12.0. The van der Waals surface area contributed by atoms with Crippen molar-refractivity contribution in [2.45, 2.75) is 13.0 Å². The molecule has 106 valence electrons. The molecule has 3 rings (SSSR count). The van der Waals surface area contributed by atoms with Gasteiger partial charge in [0.2, 0.25) is 0 Å². The SMILES string of the molecule is CC1OB(O)c2cc(NC(=O)c3ccc(Cl)cc3)ccc21. The molecule has 0 saturated heterocycles. The van der Waals surface area contributed by atoms with Gasteiger partial charge in [0, 0.05) is 16.3 Å². The van der Waals surface area contributed by atoms with Gasteiger partial charge in [0.1, 0.15) is 0 Å².